The van der Waals surface area contributed by atoms with E-state index in [9.17, 15) is 0 Å². The Kier molecular flexibility index (Phi) is 3.87. The van der Waals surface area contributed by atoms with Gasteiger partial charge < -0.3 is 0 Å². The molecule has 0 aromatic carbocycles. The first kappa shape index (κ1) is 13.7. The Labute approximate surface area is 127 Å². The number of nitrogens with zero attached hydrogens (tertiary/aromatic N) is 4. The molecular formula is C14H14Cl2N4. The van der Waals surface area contributed by atoms with Crippen LogP contribution in [0.15, 0.2) is 18.3 Å². The summed E-state index contributed by atoms with van der Waals surface area (Å²) in [6, 6.07) is 3.70. The summed E-state index contributed by atoms with van der Waals surface area (Å²) in [5.74, 6) is 0.816. The number of hydrogen-bond donors (Lipinski definition) is 0. The maximum Gasteiger partial charge on any atom is 0.135 e. The normalized spacial score (nSPS) is 15.2. The summed E-state index contributed by atoms with van der Waals surface area (Å²) in [4.78, 5) is 15.2. The maximum absolute atomic E-state index is 6.13. The highest BCUT2D eigenvalue weighted by atomic mass is 35.5. The van der Waals surface area contributed by atoms with Crippen LogP contribution in [-0.2, 0) is 19.5 Å². The molecule has 0 spiro atoms. The first-order chi connectivity index (χ1) is 9.61. The number of fused-ring (bicyclic) bond motifs is 1. The lowest BCUT2D eigenvalue weighted by Gasteiger charge is -2.28. The van der Waals surface area contributed by atoms with Gasteiger partial charge in [0.05, 0.1) is 5.69 Å². The van der Waals surface area contributed by atoms with Gasteiger partial charge in [-0.1, -0.05) is 29.3 Å². The van der Waals surface area contributed by atoms with Crippen molar-refractivity contribution in [3.05, 3.63) is 51.3 Å². The summed E-state index contributed by atoms with van der Waals surface area (Å²) >= 11 is 11.9. The number of pyridine rings is 1. The van der Waals surface area contributed by atoms with Crippen LogP contribution in [0, 0.1) is 6.92 Å². The van der Waals surface area contributed by atoms with Gasteiger partial charge in [-0.15, -0.1) is 0 Å². The Balaban J connectivity index is 1.77. The molecule has 3 heterocycles. The molecule has 0 atom stereocenters. The predicted molar refractivity (Wildman–Crippen MR) is 78.8 cm³/mol. The van der Waals surface area contributed by atoms with Gasteiger partial charge in [-0.2, -0.15) is 0 Å². The molecule has 0 bridgehead atoms. The van der Waals surface area contributed by atoms with E-state index in [1.54, 1.807) is 6.07 Å². The molecule has 2 aromatic heterocycles. The van der Waals surface area contributed by atoms with Gasteiger partial charge in [-0.3, -0.25) is 4.90 Å². The monoisotopic (exact) mass is 308 g/mol. The first-order valence-electron chi connectivity index (χ1n) is 6.46. The fourth-order valence-electron chi connectivity index (χ4n) is 2.39. The topological polar surface area (TPSA) is 41.9 Å². The minimum absolute atomic E-state index is 0.422. The van der Waals surface area contributed by atoms with Crippen molar-refractivity contribution >= 4 is 23.2 Å². The Morgan fingerprint density at radius 1 is 1.25 bits per heavy atom. The fourth-order valence-corrected chi connectivity index (χ4v) is 2.80. The highest BCUT2D eigenvalue weighted by Gasteiger charge is 2.19. The zero-order valence-corrected chi connectivity index (χ0v) is 12.6. The molecule has 0 fully saturated rings. The molecule has 0 N–H and O–H groups in total. The van der Waals surface area contributed by atoms with Gasteiger partial charge in [-0.05, 0) is 25.0 Å². The van der Waals surface area contributed by atoms with E-state index in [0.717, 1.165) is 43.1 Å². The number of hydrogen-bond acceptors (Lipinski definition) is 4. The van der Waals surface area contributed by atoms with Crippen molar-refractivity contribution in [1.82, 2.24) is 19.9 Å². The average molecular weight is 309 g/mol. The van der Waals surface area contributed by atoms with Crippen LogP contribution in [0.25, 0.3) is 0 Å². The van der Waals surface area contributed by atoms with Crippen molar-refractivity contribution in [1.29, 1.82) is 0 Å². The molecule has 20 heavy (non-hydrogen) atoms. The van der Waals surface area contributed by atoms with Crippen molar-refractivity contribution in [3.63, 3.8) is 0 Å². The Hall–Kier alpha value is -1.23. The van der Waals surface area contributed by atoms with Crippen molar-refractivity contribution in [3.8, 4) is 0 Å². The van der Waals surface area contributed by atoms with Crippen molar-refractivity contribution in [2.45, 2.75) is 26.4 Å². The van der Waals surface area contributed by atoms with Crippen LogP contribution in [0.1, 0.15) is 22.6 Å². The smallest absolute Gasteiger partial charge is 0.135 e. The third-order valence-corrected chi connectivity index (χ3v) is 3.97. The Morgan fingerprint density at radius 2 is 2.10 bits per heavy atom. The zero-order chi connectivity index (χ0) is 14.1. The molecule has 0 saturated carbocycles. The van der Waals surface area contributed by atoms with Crippen LogP contribution < -0.4 is 0 Å². The number of aryl methyl sites for hydroxylation is 1. The molecule has 0 amide bonds. The van der Waals surface area contributed by atoms with E-state index >= 15 is 0 Å². The number of aromatic nitrogens is 3. The molecule has 104 valence electrons. The predicted octanol–water partition coefficient (Wildman–Crippen LogP) is 3.05. The first-order valence-corrected chi connectivity index (χ1v) is 7.22. The van der Waals surface area contributed by atoms with E-state index in [1.165, 1.54) is 5.56 Å². The average Bonchev–Trinajstić information content (AvgIpc) is 2.41. The van der Waals surface area contributed by atoms with E-state index in [-0.39, 0.29) is 0 Å². The molecular weight excluding hydrogens is 295 g/mol. The Morgan fingerprint density at radius 3 is 2.90 bits per heavy atom. The molecule has 0 unspecified atom stereocenters. The van der Waals surface area contributed by atoms with Crippen molar-refractivity contribution in [2.24, 2.45) is 0 Å². The highest BCUT2D eigenvalue weighted by molar-refractivity contribution is 6.32. The van der Waals surface area contributed by atoms with Gasteiger partial charge in [0.1, 0.15) is 16.1 Å². The summed E-state index contributed by atoms with van der Waals surface area (Å²) in [5, 5.41) is 0.897. The molecule has 6 heteroatoms. The zero-order valence-electron chi connectivity index (χ0n) is 11.1. The third-order valence-electron chi connectivity index (χ3n) is 3.43. The van der Waals surface area contributed by atoms with Crippen molar-refractivity contribution in [2.75, 3.05) is 6.54 Å². The molecule has 0 saturated heterocycles. The van der Waals surface area contributed by atoms with Crippen LogP contribution in [0.3, 0.4) is 0 Å². The van der Waals surface area contributed by atoms with Crippen LogP contribution in [0.2, 0.25) is 10.3 Å². The van der Waals surface area contributed by atoms with Crippen LogP contribution >= 0.6 is 23.2 Å². The second kappa shape index (κ2) is 5.64. The standard InChI is InChI=1S/C14H14Cl2N4/c1-9-17-6-10-4-5-20(8-12(10)18-9)7-11-2-3-13(15)19-14(11)16/h2-3,6H,4-5,7-8H2,1H3. The lowest BCUT2D eigenvalue weighted by Crippen LogP contribution is -2.31. The fraction of sp³-hybridized carbons (Fsp3) is 0.357. The molecule has 2 aromatic rings. The van der Waals surface area contributed by atoms with Crippen LogP contribution in [-0.4, -0.2) is 26.4 Å². The van der Waals surface area contributed by atoms with Gasteiger partial charge in [0.15, 0.2) is 0 Å². The Bertz CT molecular complexity index is 645. The van der Waals surface area contributed by atoms with E-state index in [4.69, 9.17) is 23.2 Å². The maximum atomic E-state index is 6.13. The minimum atomic E-state index is 0.422. The molecule has 1 aliphatic heterocycles. The quantitative estimate of drug-likeness (QED) is 0.800. The molecule has 3 rings (SSSR count). The largest absolute Gasteiger partial charge is 0.293 e. The van der Waals surface area contributed by atoms with Gasteiger partial charge >= 0.3 is 0 Å². The molecule has 4 nitrogen and oxygen atoms in total. The summed E-state index contributed by atoms with van der Waals surface area (Å²) in [6.07, 6.45) is 2.90. The van der Waals surface area contributed by atoms with Crippen LogP contribution in [0.4, 0.5) is 0 Å². The van der Waals surface area contributed by atoms with Gasteiger partial charge in [-0.25, -0.2) is 15.0 Å². The van der Waals surface area contributed by atoms with E-state index in [1.807, 2.05) is 19.2 Å². The van der Waals surface area contributed by atoms with Crippen LogP contribution in [0.5, 0.6) is 0 Å². The molecule has 0 radical (unpaired) electrons. The lowest BCUT2D eigenvalue weighted by molar-refractivity contribution is 0.240. The number of halogens is 2. The van der Waals surface area contributed by atoms with E-state index < -0.39 is 0 Å². The molecule has 1 aliphatic rings. The molecule has 0 aliphatic carbocycles. The highest BCUT2D eigenvalue weighted by Crippen LogP contribution is 2.22. The van der Waals surface area contributed by atoms with E-state index in [2.05, 4.69) is 19.9 Å². The van der Waals surface area contributed by atoms with Crippen molar-refractivity contribution < 1.29 is 0 Å². The summed E-state index contributed by atoms with van der Waals surface area (Å²) in [6.45, 7) is 4.46. The third kappa shape index (κ3) is 2.92. The summed E-state index contributed by atoms with van der Waals surface area (Å²) in [5.41, 5.74) is 3.35. The SMILES string of the molecule is Cc1ncc2c(n1)CN(Cc1ccc(Cl)nc1Cl)CC2. The second-order valence-electron chi connectivity index (χ2n) is 4.93. The van der Waals surface area contributed by atoms with Gasteiger partial charge in [0.2, 0.25) is 0 Å². The summed E-state index contributed by atoms with van der Waals surface area (Å²) in [7, 11) is 0. The second-order valence-corrected chi connectivity index (χ2v) is 5.68. The van der Waals surface area contributed by atoms with E-state index in [0.29, 0.717) is 10.3 Å². The van der Waals surface area contributed by atoms with Gasteiger partial charge in [0, 0.05) is 31.4 Å². The van der Waals surface area contributed by atoms with Gasteiger partial charge in [0.25, 0.3) is 0 Å². The minimum Gasteiger partial charge on any atom is -0.293 e. The lowest BCUT2D eigenvalue weighted by atomic mass is 10.1. The number of rotatable bonds is 2. The summed E-state index contributed by atoms with van der Waals surface area (Å²) < 4.78 is 0.